The molecule has 0 saturated heterocycles. The number of nitrogens with one attached hydrogen (secondary N) is 2. The Morgan fingerprint density at radius 3 is 2.64 bits per heavy atom. The fourth-order valence-corrected chi connectivity index (χ4v) is 4.20. The van der Waals surface area contributed by atoms with Gasteiger partial charge in [-0.1, -0.05) is 17.5 Å². The summed E-state index contributed by atoms with van der Waals surface area (Å²) in [6.45, 7) is 2.54. The van der Waals surface area contributed by atoms with Gasteiger partial charge in [0.2, 0.25) is 5.90 Å². The lowest BCUT2D eigenvalue weighted by Crippen LogP contribution is -2.32. The number of aryl methyl sites for hydroxylation is 2. The van der Waals surface area contributed by atoms with Crippen LogP contribution < -0.4 is 5.32 Å². The van der Waals surface area contributed by atoms with Crippen LogP contribution in [0.3, 0.4) is 0 Å². The number of methoxy groups -OCH3 is 1. The van der Waals surface area contributed by atoms with E-state index in [0.29, 0.717) is 39.3 Å². The van der Waals surface area contributed by atoms with Crippen LogP contribution in [-0.4, -0.2) is 70.1 Å². The average Bonchev–Trinajstić information content (AvgIpc) is 3.47. The third-order valence-corrected chi connectivity index (χ3v) is 6.38. The van der Waals surface area contributed by atoms with Crippen molar-refractivity contribution in [3.05, 3.63) is 69.5 Å². The molecule has 1 atom stereocenters. The average molecular weight is 567 g/mol. The Labute approximate surface area is 229 Å². The number of nitrogens with zero attached hydrogens (tertiary/aromatic N) is 4. The molecule has 0 spiro atoms. The first kappa shape index (κ1) is 30.2. The van der Waals surface area contributed by atoms with E-state index in [4.69, 9.17) is 22.8 Å². The van der Waals surface area contributed by atoms with Gasteiger partial charge in [0, 0.05) is 48.4 Å². The highest BCUT2D eigenvalue weighted by atomic mass is 35.5. The summed E-state index contributed by atoms with van der Waals surface area (Å²) in [5.74, 6) is 4.12. The number of H-pyrrole nitrogens is 1. The second kappa shape index (κ2) is 12.7. The molecule has 1 aliphatic rings. The number of terminal acetylenes is 1. The summed E-state index contributed by atoms with van der Waals surface area (Å²) in [6, 6.07) is 0. The predicted molar refractivity (Wildman–Crippen MR) is 141 cm³/mol. The molecule has 3 heterocycles. The molecule has 3 N–H and O–H groups in total. The van der Waals surface area contributed by atoms with Crippen molar-refractivity contribution < 1.29 is 27.8 Å². The van der Waals surface area contributed by atoms with Crippen LogP contribution in [0.2, 0.25) is 0 Å². The number of allylic oxidation sites excluding steroid dienone is 3. The molecule has 0 aromatic carbocycles. The van der Waals surface area contributed by atoms with Gasteiger partial charge >= 0.3 is 6.18 Å². The van der Waals surface area contributed by atoms with Crippen molar-refractivity contribution in [1.82, 2.24) is 24.8 Å². The number of aliphatic hydroxyl groups is 1. The Balaban J connectivity index is 1.83. The number of aromatic amines is 1. The maximum absolute atomic E-state index is 12.2. The molecule has 1 aliphatic heterocycles. The smallest absolute Gasteiger partial charge is 0.411 e. The maximum Gasteiger partial charge on any atom is 0.411 e. The Kier molecular flexibility index (Phi) is 9.79. The molecule has 0 bridgehead atoms. The van der Waals surface area contributed by atoms with E-state index in [0.717, 1.165) is 0 Å². The number of imidazole rings is 2. The highest BCUT2D eigenvalue weighted by Gasteiger charge is 2.40. The topological polar surface area (TPSA) is 110 Å². The minimum absolute atomic E-state index is 0.121. The molecule has 0 fully saturated rings. The standard InChI is InChI=1S/C26H30ClF3N6O3/c1-6-18(26(37,22-13-32-16(2)34-22)23-14-33-17(3)36(23)4)7-8-19-11-21(27)20(24(35-19)38-5)12-31-9-10-39-15-25(28,29)30/h1,7-8,13-14,31,37H,9-12,15H2,2-5H3,(H,32,34)/b18-7+,19-8+. The van der Waals surface area contributed by atoms with Gasteiger partial charge in [0.05, 0.1) is 37.5 Å². The third kappa shape index (κ3) is 7.19. The first-order valence-electron chi connectivity index (χ1n) is 11.9. The summed E-state index contributed by atoms with van der Waals surface area (Å²) in [5, 5.41) is 15.4. The van der Waals surface area contributed by atoms with E-state index in [2.05, 4.69) is 35.9 Å². The van der Waals surface area contributed by atoms with Crippen LogP contribution in [-0.2, 0) is 22.1 Å². The first-order valence-corrected chi connectivity index (χ1v) is 12.3. The first-order chi connectivity index (χ1) is 18.4. The van der Waals surface area contributed by atoms with Crippen molar-refractivity contribution in [2.45, 2.75) is 32.0 Å². The maximum atomic E-state index is 12.2. The summed E-state index contributed by atoms with van der Waals surface area (Å²) < 4.78 is 48.3. The Morgan fingerprint density at radius 1 is 1.33 bits per heavy atom. The number of hydrogen-bond donors (Lipinski definition) is 3. The van der Waals surface area contributed by atoms with Gasteiger partial charge in [-0.15, -0.1) is 6.42 Å². The van der Waals surface area contributed by atoms with Gasteiger partial charge in [0.15, 0.2) is 5.60 Å². The summed E-state index contributed by atoms with van der Waals surface area (Å²) in [7, 11) is 3.21. The molecule has 2 aromatic heterocycles. The van der Waals surface area contributed by atoms with Crippen LogP contribution >= 0.6 is 11.6 Å². The normalized spacial score (nSPS) is 17.3. The quantitative estimate of drug-likeness (QED) is 0.300. The number of ether oxygens (including phenoxy) is 2. The largest absolute Gasteiger partial charge is 0.481 e. The molecule has 9 nitrogen and oxygen atoms in total. The van der Waals surface area contributed by atoms with Crippen molar-refractivity contribution in [3.8, 4) is 12.3 Å². The Bertz CT molecular complexity index is 1350. The Hall–Kier alpha value is -3.37. The van der Waals surface area contributed by atoms with Gasteiger partial charge in [-0.2, -0.15) is 13.2 Å². The highest BCUT2D eigenvalue weighted by molar-refractivity contribution is 6.32. The number of dihydropyridines is 1. The van der Waals surface area contributed by atoms with Gasteiger partial charge in [-0.05, 0) is 26.0 Å². The van der Waals surface area contributed by atoms with E-state index < -0.39 is 18.4 Å². The summed E-state index contributed by atoms with van der Waals surface area (Å²) in [4.78, 5) is 16.1. The molecule has 0 amide bonds. The molecule has 0 radical (unpaired) electrons. The van der Waals surface area contributed by atoms with Crippen molar-refractivity contribution in [3.63, 3.8) is 0 Å². The zero-order chi connectivity index (χ0) is 28.8. The summed E-state index contributed by atoms with van der Waals surface area (Å²) in [6.07, 6.45) is 8.05. The minimum atomic E-state index is -4.37. The fraction of sp³-hybridized carbons (Fsp3) is 0.423. The van der Waals surface area contributed by atoms with E-state index in [-0.39, 0.29) is 37.6 Å². The molecule has 3 rings (SSSR count). The van der Waals surface area contributed by atoms with Gasteiger partial charge in [-0.3, -0.25) is 0 Å². The number of halogens is 4. The highest BCUT2D eigenvalue weighted by Crippen LogP contribution is 2.36. The van der Waals surface area contributed by atoms with Gasteiger partial charge < -0.3 is 29.4 Å². The van der Waals surface area contributed by atoms with Crippen molar-refractivity contribution >= 4 is 17.5 Å². The van der Waals surface area contributed by atoms with Gasteiger partial charge in [-0.25, -0.2) is 15.0 Å². The van der Waals surface area contributed by atoms with Gasteiger partial charge in [0.1, 0.15) is 18.3 Å². The van der Waals surface area contributed by atoms with Crippen LogP contribution in [0.4, 0.5) is 13.2 Å². The third-order valence-electron chi connectivity index (χ3n) is 6.02. The second-order valence-corrected chi connectivity index (χ2v) is 9.21. The molecule has 2 aromatic rings. The van der Waals surface area contributed by atoms with Crippen LogP contribution in [0.25, 0.3) is 0 Å². The van der Waals surface area contributed by atoms with Gasteiger partial charge in [0.25, 0.3) is 0 Å². The zero-order valence-corrected chi connectivity index (χ0v) is 22.7. The number of alkyl halides is 3. The second-order valence-electron chi connectivity index (χ2n) is 8.75. The van der Waals surface area contributed by atoms with Crippen LogP contribution in [0.1, 0.15) is 29.5 Å². The number of hydrogen-bond acceptors (Lipinski definition) is 7. The van der Waals surface area contributed by atoms with Crippen LogP contribution in [0.15, 0.2) is 51.4 Å². The molecular formula is C26H30ClF3N6O3. The lowest BCUT2D eigenvalue weighted by Gasteiger charge is -2.27. The minimum Gasteiger partial charge on any atom is -0.481 e. The van der Waals surface area contributed by atoms with E-state index in [9.17, 15) is 18.3 Å². The molecule has 39 heavy (non-hydrogen) atoms. The number of rotatable bonds is 10. The molecular weight excluding hydrogens is 537 g/mol. The van der Waals surface area contributed by atoms with Crippen molar-refractivity contribution in [2.75, 3.05) is 33.4 Å². The molecule has 13 heteroatoms. The number of aromatic nitrogens is 4. The summed E-state index contributed by atoms with van der Waals surface area (Å²) >= 11 is 6.53. The predicted octanol–water partition coefficient (Wildman–Crippen LogP) is 3.55. The monoisotopic (exact) mass is 566 g/mol. The SMILES string of the molecule is C#C/C(=C\C=C1/CC(Cl)=C(CNCCOCC(F)(F)F)C(OC)=N1)C(O)(c1cnc(C)[nH]1)c1cnc(C)n1C. The molecule has 210 valence electrons. The zero-order valence-electron chi connectivity index (χ0n) is 22.0. The van der Waals surface area contributed by atoms with Crippen molar-refractivity contribution in [2.24, 2.45) is 12.0 Å². The molecule has 0 aliphatic carbocycles. The van der Waals surface area contributed by atoms with Crippen molar-refractivity contribution in [1.29, 1.82) is 0 Å². The molecule has 0 saturated carbocycles. The summed E-state index contributed by atoms with van der Waals surface area (Å²) in [5.41, 5.74) is 0.368. The fourth-order valence-electron chi connectivity index (χ4n) is 3.92. The van der Waals surface area contributed by atoms with Crippen LogP contribution in [0.5, 0.6) is 0 Å². The lowest BCUT2D eigenvalue weighted by molar-refractivity contribution is -0.173. The lowest BCUT2D eigenvalue weighted by atomic mass is 9.87. The molecule has 1 unspecified atom stereocenters. The Morgan fingerprint density at radius 2 is 2.08 bits per heavy atom. The van der Waals surface area contributed by atoms with E-state index in [1.54, 1.807) is 36.9 Å². The van der Waals surface area contributed by atoms with E-state index in [1.807, 2.05) is 6.92 Å². The number of aliphatic imine (C=N–C) groups is 1. The van der Waals surface area contributed by atoms with E-state index >= 15 is 0 Å². The van der Waals surface area contributed by atoms with Crippen LogP contribution in [0, 0.1) is 26.2 Å². The van der Waals surface area contributed by atoms with E-state index in [1.165, 1.54) is 13.3 Å².